The van der Waals surface area contributed by atoms with Crippen LogP contribution in [-0.2, 0) is 22.4 Å². The van der Waals surface area contributed by atoms with E-state index >= 15 is 0 Å². The fraction of sp³-hybridized carbons (Fsp3) is 0.455. The summed E-state index contributed by atoms with van der Waals surface area (Å²) in [6, 6.07) is 9.71. The van der Waals surface area contributed by atoms with Gasteiger partial charge in [0, 0.05) is 10.6 Å². The Kier molecular flexibility index (Phi) is 6.32. The Morgan fingerprint density at radius 2 is 2.11 bits per heavy atom. The predicted molar refractivity (Wildman–Crippen MR) is 110 cm³/mol. The van der Waals surface area contributed by atoms with Crippen LogP contribution in [0.3, 0.4) is 0 Å². The summed E-state index contributed by atoms with van der Waals surface area (Å²) in [6.45, 7) is 6.21. The molecule has 4 nitrogen and oxygen atoms in total. The number of carbonyl (C=O) groups is 2. The smallest absolute Gasteiger partial charge is 0.348 e. The lowest BCUT2D eigenvalue weighted by Gasteiger charge is -2.16. The van der Waals surface area contributed by atoms with Gasteiger partial charge in [0.15, 0.2) is 6.61 Å². The van der Waals surface area contributed by atoms with E-state index in [1.165, 1.54) is 28.2 Å². The molecule has 2 aromatic rings. The minimum absolute atomic E-state index is 0.271. The molecule has 0 unspecified atom stereocenters. The van der Waals surface area contributed by atoms with Crippen molar-refractivity contribution in [2.24, 2.45) is 5.92 Å². The minimum atomic E-state index is -0.410. The third-order valence-electron chi connectivity index (χ3n) is 5.24. The summed E-state index contributed by atoms with van der Waals surface area (Å²) in [7, 11) is 0. The molecular weight excluding hydrogens is 358 g/mol. The number of fused-ring (bicyclic) bond motifs is 1. The Morgan fingerprint density at radius 3 is 2.89 bits per heavy atom. The van der Waals surface area contributed by atoms with E-state index in [1.807, 2.05) is 30.3 Å². The van der Waals surface area contributed by atoms with Crippen molar-refractivity contribution in [3.8, 4) is 0 Å². The molecule has 0 aliphatic heterocycles. The number of ether oxygens (including phenoxy) is 1. The number of hydrogen-bond acceptors (Lipinski definition) is 4. The van der Waals surface area contributed by atoms with Crippen LogP contribution in [0, 0.1) is 5.92 Å². The SMILES string of the molecule is CC[C@H](C)c1ccccc1NC(=O)COC(=O)c1cc2c(s1)CC[C@H](C)C2. The second kappa shape index (κ2) is 8.70. The molecule has 2 atom stereocenters. The number of anilines is 1. The fourth-order valence-corrected chi connectivity index (χ4v) is 4.56. The Bertz CT molecular complexity index is 827. The third kappa shape index (κ3) is 4.78. The number of nitrogens with one attached hydrogen (secondary N) is 1. The van der Waals surface area contributed by atoms with E-state index in [0.29, 0.717) is 16.7 Å². The summed E-state index contributed by atoms with van der Waals surface area (Å²) in [6.07, 6.45) is 4.21. The molecule has 1 N–H and O–H groups in total. The summed E-state index contributed by atoms with van der Waals surface area (Å²) in [5, 5.41) is 2.87. The van der Waals surface area contributed by atoms with Crippen molar-refractivity contribution < 1.29 is 14.3 Å². The summed E-state index contributed by atoms with van der Waals surface area (Å²) in [4.78, 5) is 26.5. The number of thiophene rings is 1. The van der Waals surface area contributed by atoms with E-state index in [0.717, 1.165) is 30.5 Å². The molecule has 27 heavy (non-hydrogen) atoms. The normalized spacial score (nSPS) is 17.1. The molecule has 5 heteroatoms. The van der Waals surface area contributed by atoms with Crippen LogP contribution in [0.15, 0.2) is 30.3 Å². The molecule has 0 spiro atoms. The van der Waals surface area contributed by atoms with Crippen molar-refractivity contribution in [2.75, 3.05) is 11.9 Å². The summed E-state index contributed by atoms with van der Waals surface area (Å²) < 4.78 is 5.25. The molecule has 1 amide bonds. The second-order valence-electron chi connectivity index (χ2n) is 7.43. The molecule has 1 aromatic carbocycles. The molecule has 1 heterocycles. The van der Waals surface area contributed by atoms with Gasteiger partial charge in [-0.3, -0.25) is 4.79 Å². The number of benzene rings is 1. The van der Waals surface area contributed by atoms with Crippen molar-refractivity contribution in [1.29, 1.82) is 0 Å². The molecule has 0 radical (unpaired) electrons. The zero-order valence-electron chi connectivity index (χ0n) is 16.2. The lowest BCUT2D eigenvalue weighted by Crippen LogP contribution is -2.21. The molecule has 0 saturated heterocycles. The van der Waals surface area contributed by atoms with Gasteiger partial charge in [0.05, 0.1) is 0 Å². The first-order chi connectivity index (χ1) is 13.0. The second-order valence-corrected chi connectivity index (χ2v) is 8.56. The molecule has 0 fully saturated rings. The van der Waals surface area contributed by atoms with Crippen LogP contribution in [0.5, 0.6) is 0 Å². The number of para-hydroxylation sites is 1. The van der Waals surface area contributed by atoms with Crippen LogP contribution in [0.2, 0.25) is 0 Å². The van der Waals surface area contributed by atoms with Crippen LogP contribution >= 0.6 is 11.3 Å². The van der Waals surface area contributed by atoms with Crippen LogP contribution in [0.1, 0.15) is 65.2 Å². The van der Waals surface area contributed by atoms with Gasteiger partial charge in [0.1, 0.15) is 4.88 Å². The highest BCUT2D eigenvalue weighted by Crippen LogP contribution is 2.32. The van der Waals surface area contributed by atoms with Gasteiger partial charge in [-0.25, -0.2) is 4.79 Å². The van der Waals surface area contributed by atoms with Gasteiger partial charge >= 0.3 is 5.97 Å². The number of hydrogen-bond donors (Lipinski definition) is 1. The first-order valence-corrected chi connectivity index (χ1v) is 10.5. The number of aryl methyl sites for hydroxylation is 1. The zero-order chi connectivity index (χ0) is 19.4. The van der Waals surface area contributed by atoms with Crippen molar-refractivity contribution in [2.45, 2.75) is 52.4 Å². The van der Waals surface area contributed by atoms with E-state index in [2.05, 4.69) is 26.1 Å². The van der Waals surface area contributed by atoms with Crippen molar-refractivity contribution in [1.82, 2.24) is 0 Å². The molecule has 1 aromatic heterocycles. The van der Waals surface area contributed by atoms with Gasteiger partial charge in [-0.1, -0.05) is 39.0 Å². The van der Waals surface area contributed by atoms with Gasteiger partial charge in [-0.05, 0) is 60.8 Å². The number of amides is 1. The maximum absolute atomic E-state index is 12.3. The van der Waals surface area contributed by atoms with E-state index in [1.54, 1.807) is 0 Å². The van der Waals surface area contributed by atoms with E-state index in [-0.39, 0.29) is 12.5 Å². The number of carbonyl (C=O) groups excluding carboxylic acids is 2. The summed E-state index contributed by atoms with van der Waals surface area (Å²) >= 11 is 1.50. The topological polar surface area (TPSA) is 55.4 Å². The van der Waals surface area contributed by atoms with Gasteiger partial charge in [-0.2, -0.15) is 0 Å². The van der Waals surface area contributed by atoms with Gasteiger partial charge in [0.25, 0.3) is 5.91 Å². The molecular formula is C22H27NO3S. The minimum Gasteiger partial charge on any atom is -0.451 e. The molecule has 1 aliphatic carbocycles. The number of esters is 1. The van der Waals surface area contributed by atoms with E-state index in [9.17, 15) is 9.59 Å². The van der Waals surface area contributed by atoms with Crippen molar-refractivity contribution in [3.05, 3.63) is 51.2 Å². The Labute approximate surface area is 164 Å². The Balaban J connectivity index is 1.58. The van der Waals surface area contributed by atoms with Gasteiger partial charge in [0.2, 0.25) is 0 Å². The summed E-state index contributed by atoms with van der Waals surface area (Å²) in [5.74, 6) is 0.290. The Morgan fingerprint density at radius 1 is 1.33 bits per heavy atom. The molecule has 144 valence electrons. The monoisotopic (exact) mass is 385 g/mol. The van der Waals surface area contributed by atoms with Crippen LogP contribution < -0.4 is 5.32 Å². The molecule has 1 aliphatic rings. The van der Waals surface area contributed by atoms with Crippen molar-refractivity contribution in [3.63, 3.8) is 0 Å². The first kappa shape index (κ1) is 19.6. The van der Waals surface area contributed by atoms with E-state index in [4.69, 9.17) is 4.74 Å². The largest absolute Gasteiger partial charge is 0.451 e. The quantitative estimate of drug-likeness (QED) is 0.697. The highest BCUT2D eigenvalue weighted by molar-refractivity contribution is 7.14. The molecule has 3 rings (SSSR count). The maximum Gasteiger partial charge on any atom is 0.348 e. The highest BCUT2D eigenvalue weighted by atomic mass is 32.1. The summed E-state index contributed by atoms with van der Waals surface area (Å²) in [5.41, 5.74) is 3.14. The number of rotatable bonds is 6. The Hall–Kier alpha value is -2.14. The predicted octanol–water partition coefficient (Wildman–Crippen LogP) is 5.18. The molecule has 0 bridgehead atoms. The zero-order valence-corrected chi connectivity index (χ0v) is 17.0. The highest BCUT2D eigenvalue weighted by Gasteiger charge is 2.22. The van der Waals surface area contributed by atoms with Crippen LogP contribution in [-0.4, -0.2) is 18.5 Å². The fourth-order valence-electron chi connectivity index (χ4n) is 3.46. The van der Waals surface area contributed by atoms with Crippen molar-refractivity contribution >= 4 is 28.9 Å². The first-order valence-electron chi connectivity index (χ1n) is 9.65. The van der Waals surface area contributed by atoms with E-state index < -0.39 is 5.97 Å². The average Bonchev–Trinajstić information content (AvgIpc) is 3.09. The maximum atomic E-state index is 12.3. The van der Waals surface area contributed by atoms with Gasteiger partial charge < -0.3 is 10.1 Å². The van der Waals surface area contributed by atoms with Crippen LogP contribution in [0.25, 0.3) is 0 Å². The lowest BCUT2D eigenvalue weighted by molar-refractivity contribution is -0.119. The lowest BCUT2D eigenvalue weighted by atomic mass is 9.90. The molecule has 0 saturated carbocycles. The van der Waals surface area contributed by atoms with Crippen LogP contribution in [0.4, 0.5) is 5.69 Å². The average molecular weight is 386 g/mol. The van der Waals surface area contributed by atoms with Gasteiger partial charge in [-0.15, -0.1) is 11.3 Å². The standard InChI is InChI=1S/C22H27NO3S/c1-4-15(3)17-7-5-6-8-18(17)23-21(24)13-26-22(25)20-12-16-11-14(2)9-10-19(16)27-20/h5-8,12,14-15H,4,9-11,13H2,1-3H3,(H,23,24)/t14-,15-/m0/s1. The third-order valence-corrected chi connectivity index (χ3v) is 6.46.